The lowest BCUT2D eigenvalue weighted by Gasteiger charge is -2.05. The van der Waals surface area contributed by atoms with Crippen LogP contribution in [0.15, 0.2) is 5.38 Å². The van der Waals surface area contributed by atoms with E-state index in [1.807, 2.05) is 17.1 Å². The van der Waals surface area contributed by atoms with E-state index >= 15 is 0 Å². The van der Waals surface area contributed by atoms with Crippen molar-refractivity contribution in [3.63, 3.8) is 0 Å². The fourth-order valence-electron chi connectivity index (χ4n) is 1.10. The SMILES string of the molecule is CCC(C)SCc1nc(CCC(=O)O)cs1. The number of carbonyl (C=O) groups is 1. The van der Waals surface area contributed by atoms with Gasteiger partial charge in [0.1, 0.15) is 5.01 Å². The zero-order chi connectivity index (χ0) is 12.0. The summed E-state index contributed by atoms with van der Waals surface area (Å²) < 4.78 is 0. The molecule has 5 heteroatoms. The van der Waals surface area contributed by atoms with Crippen LogP contribution in [0.2, 0.25) is 0 Å². The van der Waals surface area contributed by atoms with Crippen LogP contribution in [-0.2, 0) is 17.0 Å². The minimum atomic E-state index is -0.761. The van der Waals surface area contributed by atoms with Crippen molar-refractivity contribution < 1.29 is 9.90 Å². The van der Waals surface area contributed by atoms with Crippen molar-refractivity contribution in [1.82, 2.24) is 4.98 Å². The molecule has 0 amide bonds. The first kappa shape index (κ1) is 13.5. The summed E-state index contributed by atoms with van der Waals surface area (Å²) in [7, 11) is 0. The summed E-state index contributed by atoms with van der Waals surface area (Å²) in [4.78, 5) is 14.8. The molecule has 90 valence electrons. The van der Waals surface area contributed by atoms with Crippen molar-refractivity contribution in [3.8, 4) is 0 Å². The van der Waals surface area contributed by atoms with E-state index in [4.69, 9.17) is 5.11 Å². The lowest BCUT2D eigenvalue weighted by Crippen LogP contribution is -1.98. The molecule has 0 bridgehead atoms. The molecule has 0 saturated heterocycles. The monoisotopic (exact) mass is 259 g/mol. The maximum atomic E-state index is 10.4. The second kappa shape index (κ2) is 6.91. The molecule has 1 atom stereocenters. The molecule has 1 N–H and O–H groups in total. The van der Waals surface area contributed by atoms with Gasteiger partial charge in [-0.25, -0.2) is 4.98 Å². The number of hydrogen-bond acceptors (Lipinski definition) is 4. The number of carboxylic acid groups (broad SMARTS) is 1. The van der Waals surface area contributed by atoms with Gasteiger partial charge in [0.15, 0.2) is 0 Å². The Kier molecular flexibility index (Phi) is 5.84. The van der Waals surface area contributed by atoms with Crippen molar-refractivity contribution in [2.24, 2.45) is 0 Å². The van der Waals surface area contributed by atoms with Crippen LogP contribution < -0.4 is 0 Å². The first-order chi connectivity index (χ1) is 7.61. The Hall–Kier alpha value is -0.550. The van der Waals surface area contributed by atoms with Crippen molar-refractivity contribution in [2.75, 3.05) is 0 Å². The zero-order valence-electron chi connectivity index (χ0n) is 9.60. The number of aliphatic carboxylic acids is 1. The van der Waals surface area contributed by atoms with E-state index in [2.05, 4.69) is 18.8 Å². The molecular formula is C11H17NO2S2. The summed E-state index contributed by atoms with van der Waals surface area (Å²) in [5.74, 6) is 0.177. The molecule has 0 spiro atoms. The summed E-state index contributed by atoms with van der Waals surface area (Å²) in [6, 6.07) is 0. The number of thioether (sulfide) groups is 1. The van der Waals surface area contributed by atoms with Crippen molar-refractivity contribution in [3.05, 3.63) is 16.1 Å². The van der Waals surface area contributed by atoms with Crippen LogP contribution >= 0.6 is 23.1 Å². The lowest BCUT2D eigenvalue weighted by atomic mass is 10.2. The predicted molar refractivity (Wildman–Crippen MR) is 69.1 cm³/mol. The highest BCUT2D eigenvalue weighted by atomic mass is 32.2. The molecule has 1 aromatic rings. The Morgan fingerprint density at radius 1 is 1.69 bits per heavy atom. The Bertz CT molecular complexity index is 338. The van der Waals surface area contributed by atoms with Crippen LogP contribution in [0.4, 0.5) is 0 Å². The minimum Gasteiger partial charge on any atom is -0.481 e. The molecule has 1 unspecified atom stereocenters. The molecule has 3 nitrogen and oxygen atoms in total. The molecule has 0 fully saturated rings. The highest BCUT2D eigenvalue weighted by Gasteiger charge is 2.06. The molecule has 1 aromatic heterocycles. The molecule has 0 radical (unpaired) electrons. The van der Waals surface area contributed by atoms with Gasteiger partial charge >= 0.3 is 5.97 Å². The van der Waals surface area contributed by atoms with Gasteiger partial charge in [-0.1, -0.05) is 13.8 Å². The molecule has 0 saturated carbocycles. The molecular weight excluding hydrogens is 242 g/mol. The first-order valence-corrected chi connectivity index (χ1v) is 7.31. The van der Waals surface area contributed by atoms with Gasteiger partial charge in [-0.2, -0.15) is 11.8 Å². The smallest absolute Gasteiger partial charge is 0.303 e. The average Bonchev–Trinajstić information content (AvgIpc) is 2.71. The standard InChI is InChI=1S/C11H17NO2S2/c1-3-8(2)15-7-10-12-9(6-16-10)4-5-11(13)14/h6,8H,3-5,7H2,1-2H3,(H,13,14). The first-order valence-electron chi connectivity index (χ1n) is 5.38. The van der Waals surface area contributed by atoms with E-state index in [1.54, 1.807) is 11.3 Å². The topological polar surface area (TPSA) is 50.2 Å². The molecule has 16 heavy (non-hydrogen) atoms. The third kappa shape index (κ3) is 4.99. The van der Waals surface area contributed by atoms with Crippen LogP contribution in [-0.4, -0.2) is 21.3 Å². The van der Waals surface area contributed by atoms with Crippen molar-refractivity contribution >= 4 is 29.1 Å². The fraction of sp³-hybridized carbons (Fsp3) is 0.636. The number of nitrogens with zero attached hydrogens (tertiary/aromatic N) is 1. The van der Waals surface area contributed by atoms with E-state index in [9.17, 15) is 4.79 Å². The normalized spacial score (nSPS) is 12.6. The van der Waals surface area contributed by atoms with Crippen molar-refractivity contribution in [1.29, 1.82) is 0 Å². The Morgan fingerprint density at radius 2 is 2.44 bits per heavy atom. The van der Waals surface area contributed by atoms with E-state index < -0.39 is 5.97 Å². The van der Waals surface area contributed by atoms with E-state index in [-0.39, 0.29) is 6.42 Å². The van der Waals surface area contributed by atoms with Gasteiger partial charge < -0.3 is 5.11 Å². The lowest BCUT2D eigenvalue weighted by molar-refractivity contribution is -0.136. The number of aromatic nitrogens is 1. The predicted octanol–water partition coefficient (Wildman–Crippen LogP) is 3.19. The highest BCUT2D eigenvalue weighted by Crippen LogP contribution is 2.22. The largest absolute Gasteiger partial charge is 0.481 e. The van der Waals surface area contributed by atoms with Crippen LogP contribution in [0.3, 0.4) is 0 Å². The maximum absolute atomic E-state index is 10.4. The average molecular weight is 259 g/mol. The minimum absolute atomic E-state index is 0.168. The third-order valence-electron chi connectivity index (χ3n) is 2.26. The van der Waals surface area contributed by atoms with Gasteiger partial charge in [0.25, 0.3) is 0 Å². The third-order valence-corrected chi connectivity index (χ3v) is 4.68. The highest BCUT2D eigenvalue weighted by molar-refractivity contribution is 7.99. The number of aryl methyl sites for hydroxylation is 1. The van der Waals surface area contributed by atoms with Gasteiger partial charge in [0.05, 0.1) is 12.1 Å². The summed E-state index contributed by atoms with van der Waals surface area (Å²) in [5.41, 5.74) is 0.909. The Balaban J connectivity index is 2.36. The number of thiazole rings is 1. The second-order valence-corrected chi connectivity index (χ2v) is 6.03. The molecule has 0 aliphatic heterocycles. The molecule has 0 aliphatic carbocycles. The summed E-state index contributed by atoms with van der Waals surface area (Å²) >= 11 is 3.53. The summed E-state index contributed by atoms with van der Waals surface area (Å²) in [6.07, 6.45) is 1.88. The molecule has 1 rings (SSSR count). The van der Waals surface area contributed by atoms with E-state index in [0.717, 1.165) is 16.5 Å². The number of hydrogen-bond donors (Lipinski definition) is 1. The molecule has 1 heterocycles. The quantitative estimate of drug-likeness (QED) is 0.817. The summed E-state index contributed by atoms with van der Waals surface area (Å²) in [5, 5.41) is 12.3. The fourth-order valence-corrected chi connectivity index (χ4v) is 2.91. The van der Waals surface area contributed by atoms with Gasteiger partial charge in [0.2, 0.25) is 0 Å². The van der Waals surface area contributed by atoms with E-state index in [1.165, 1.54) is 6.42 Å². The second-order valence-electron chi connectivity index (χ2n) is 3.66. The van der Waals surface area contributed by atoms with Gasteiger partial charge in [-0.15, -0.1) is 11.3 Å². The van der Waals surface area contributed by atoms with Crippen LogP contribution in [0.5, 0.6) is 0 Å². The van der Waals surface area contributed by atoms with E-state index in [0.29, 0.717) is 11.7 Å². The van der Waals surface area contributed by atoms with Crippen LogP contribution in [0.25, 0.3) is 0 Å². The van der Waals surface area contributed by atoms with Crippen LogP contribution in [0, 0.1) is 0 Å². The van der Waals surface area contributed by atoms with Gasteiger partial charge in [0, 0.05) is 22.8 Å². The number of carboxylic acids is 1. The summed E-state index contributed by atoms with van der Waals surface area (Å²) in [6.45, 7) is 4.39. The Morgan fingerprint density at radius 3 is 3.06 bits per heavy atom. The van der Waals surface area contributed by atoms with Gasteiger partial charge in [-0.3, -0.25) is 4.79 Å². The number of rotatable bonds is 7. The molecule has 0 aromatic carbocycles. The maximum Gasteiger partial charge on any atom is 0.303 e. The molecule has 0 aliphatic rings. The van der Waals surface area contributed by atoms with Crippen LogP contribution in [0.1, 0.15) is 37.4 Å². The Labute approximate surface area is 104 Å². The van der Waals surface area contributed by atoms with Crippen molar-refractivity contribution in [2.45, 2.75) is 44.1 Å². The zero-order valence-corrected chi connectivity index (χ0v) is 11.2. The van der Waals surface area contributed by atoms with Gasteiger partial charge in [-0.05, 0) is 6.42 Å².